The highest BCUT2D eigenvalue weighted by Crippen LogP contribution is 2.39. The van der Waals surface area contributed by atoms with Crippen LogP contribution in [-0.2, 0) is 14.3 Å². The summed E-state index contributed by atoms with van der Waals surface area (Å²) in [5, 5.41) is 12.5. The zero-order chi connectivity index (χ0) is 14.6. The lowest BCUT2D eigenvalue weighted by Gasteiger charge is -2.32. The Hall–Kier alpha value is -1.10. The van der Waals surface area contributed by atoms with Crippen molar-refractivity contribution >= 4 is 11.9 Å². The normalized spacial score (nSPS) is 29.1. The molecule has 0 bridgehead atoms. The molecule has 0 heterocycles. The summed E-state index contributed by atoms with van der Waals surface area (Å²) in [7, 11) is 1.69. The van der Waals surface area contributed by atoms with Crippen LogP contribution in [0.25, 0.3) is 0 Å². The topological polar surface area (TPSA) is 75.6 Å². The van der Waals surface area contributed by atoms with Crippen molar-refractivity contribution in [3.05, 3.63) is 0 Å². The Morgan fingerprint density at radius 1 is 1.25 bits per heavy atom. The van der Waals surface area contributed by atoms with E-state index in [0.717, 1.165) is 38.5 Å². The van der Waals surface area contributed by atoms with Gasteiger partial charge in [-0.15, -0.1) is 0 Å². The summed E-state index contributed by atoms with van der Waals surface area (Å²) in [6.07, 6.45) is 7.22. The third-order valence-electron chi connectivity index (χ3n) is 4.85. The number of ether oxygens (including phenoxy) is 1. The Kier molecular flexibility index (Phi) is 5.02. The van der Waals surface area contributed by atoms with Crippen molar-refractivity contribution < 1.29 is 19.4 Å². The smallest absolute Gasteiger partial charge is 0.310 e. The summed E-state index contributed by atoms with van der Waals surface area (Å²) in [6.45, 7) is 0. The lowest BCUT2D eigenvalue weighted by atomic mass is 9.71. The van der Waals surface area contributed by atoms with Crippen LogP contribution in [0.5, 0.6) is 0 Å². The number of carboxylic acids is 1. The van der Waals surface area contributed by atoms with Gasteiger partial charge in [0.1, 0.15) is 0 Å². The van der Waals surface area contributed by atoms with Crippen LogP contribution in [0, 0.1) is 5.41 Å². The fourth-order valence-electron chi connectivity index (χ4n) is 3.57. The second kappa shape index (κ2) is 6.57. The molecule has 2 aliphatic rings. The Balaban J connectivity index is 1.87. The van der Waals surface area contributed by atoms with Crippen LogP contribution >= 0.6 is 0 Å². The summed E-state index contributed by atoms with van der Waals surface area (Å²) in [5.41, 5.74) is -0.832. The number of methoxy groups -OCH3 is 1. The predicted octanol–water partition coefficient (Wildman–Crippen LogP) is 2.10. The van der Waals surface area contributed by atoms with Gasteiger partial charge in [-0.3, -0.25) is 9.59 Å². The maximum atomic E-state index is 12.2. The van der Waals surface area contributed by atoms with Gasteiger partial charge in [-0.25, -0.2) is 0 Å². The van der Waals surface area contributed by atoms with E-state index >= 15 is 0 Å². The molecule has 0 aromatic rings. The molecule has 0 saturated heterocycles. The zero-order valence-corrected chi connectivity index (χ0v) is 12.2. The van der Waals surface area contributed by atoms with Crippen molar-refractivity contribution in [3.63, 3.8) is 0 Å². The largest absolute Gasteiger partial charge is 0.481 e. The minimum Gasteiger partial charge on any atom is -0.481 e. The molecule has 0 aromatic heterocycles. The number of rotatable bonds is 5. The van der Waals surface area contributed by atoms with Crippen LogP contribution < -0.4 is 5.32 Å². The van der Waals surface area contributed by atoms with E-state index < -0.39 is 11.4 Å². The first-order valence-electron chi connectivity index (χ1n) is 7.61. The lowest BCUT2D eigenvalue weighted by molar-refractivity contribution is -0.154. The number of nitrogens with one attached hydrogen (secondary N) is 1. The minimum atomic E-state index is -0.832. The predicted molar refractivity (Wildman–Crippen MR) is 74.3 cm³/mol. The van der Waals surface area contributed by atoms with Gasteiger partial charge in [-0.05, 0) is 32.1 Å². The number of amides is 1. The molecule has 2 saturated carbocycles. The molecule has 2 unspecified atom stereocenters. The van der Waals surface area contributed by atoms with Crippen molar-refractivity contribution in [2.75, 3.05) is 7.11 Å². The van der Waals surface area contributed by atoms with E-state index in [1.807, 2.05) is 0 Å². The van der Waals surface area contributed by atoms with Gasteiger partial charge >= 0.3 is 5.97 Å². The van der Waals surface area contributed by atoms with Gasteiger partial charge in [-0.2, -0.15) is 0 Å². The first kappa shape index (κ1) is 15.3. The molecule has 2 aliphatic carbocycles. The van der Waals surface area contributed by atoms with Crippen LogP contribution in [0.15, 0.2) is 0 Å². The van der Waals surface area contributed by atoms with Crippen molar-refractivity contribution in [1.29, 1.82) is 0 Å². The van der Waals surface area contributed by atoms with E-state index in [0.29, 0.717) is 12.8 Å². The van der Waals surface area contributed by atoms with E-state index in [1.165, 1.54) is 0 Å². The number of carbonyl (C=O) groups excluding carboxylic acids is 1. The Bertz CT molecular complexity index is 363. The quantitative estimate of drug-likeness (QED) is 0.810. The molecule has 0 spiro atoms. The summed E-state index contributed by atoms with van der Waals surface area (Å²) in [4.78, 5) is 23.7. The molecule has 0 radical (unpaired) electrons. The summed E-state index contributed by atoms with van der Waals surface area (Å²) in [5.74, 6) is -0.926. The van der Waals surface area contributed by atoms with E-state index in [1.54, 1.807) is 7.11 Å². The molecule has 114 valence electrons. The van der Waals surface area contributed by atoms with Crippen LogP contribution in [0.4, 0.5) is 0 Å². The second-order valence-corrected chi connectivity index (χ2v) is 6.26. The fourth-order valence-corrected chi connectivity index (χ4v) is 3.57. The standard InChI is InChI=1S/C15H25NO4/c1-20-12-6-5-11(9-12)16-13(17)10-15(14(18)19)7-3-2-4-8-15/h11-12H,2-10H2,1H3,(H,16,17)(H,18,19). The lowest BCUT2D eigenvalue weighted by Crippen LogP contribution is -2.41. The molecule has 2 N–H and O–H groups in total. The van der Waals surface area contributed by atoms with Gasteiger partial charge in [0.25, 0.3) is 0 Å². The Labute approximate surface area is 120 Å². The molecule has 5 heteroatoms. The van der Waals surface area contributed by atoms with Crippen molar-refractivity contribution in [2.45, 2.75) is 69.9 Å². The molecule has 0 aliphatic heterocycles. The summed E-state index contributed by atoms with van der Waals surface area (Å²) in [6, 6.07) is 0.141. The van der Waals surface area contributed by atoms with E-state index in [2.05, 4.69) is 5.32 Å². The molecule has 2 atom stereocenters. The van der Waals surface area contributed by atoms with Crippen LogP contribution in [0.3, 0.4) is 0 Å². The average molecular weight is 283 g/mol. The van der Waals surface area contributed by atoms with Gasteiger partial charge in [0.2, 0.25) is 5.91 Å². The third-order valence-corrected chi connectivity index (χ3v) is 4.85. The highest BCUT2D eigenvalue weighted by molar-refractivity contribution is 5.85. The SMILES string of the molecule is COC1CCC(NC(=O)CC2(C(=O)O)CCCCC2)C1. The first-order chi connectivity index (χ1) is 9.55. The number of aliphatic carboxylic acids is 1. The van der Waals surface area contributed by atoms with Crippen molar-refractivity contribution in [2.24, 2.45) is 5.41 Å². The molecule has 5 nitrogen and oxygen atoms in total. The van der Waals surface area contributed by atoms with E-state index in [4.69, 9.17) is 4.74 Å². The summed E-state index contributed by atoms with van der Waals surface area (Å²) >= 11 is 0. The average Bonchev–Trinajstić information content (AvgIpc) is 2.87. The molecule has 1 amide bonds. The van der Waals surface area contributed by atoms with Crippen molar-refractivity contribution in [1.82, 2.24) is 5.32 Å². The van der Waals surface area contributed by atoms with E-state index in [9.17, 15) is 14.7 Å². The second-order valence-electron chi connectivity index (χ2n) is 6.26. The van der Waals surface area contributed by atoms with Gasteiger partial charge in [-0.1, -0.05) is 19.3 Å². The number of hydrogen-bond acceptors (Lipinski definition) is 3. The van der Waals surface area contributed by atoms with Gasteiger partial charge in [0.05, 0.1) is 11.5 Å². The maximum absolute atomic E-state index is 12.2. The number of carbonyl (C=O) groups is 2. The third kappa shape index (κ3) is 3.51. The van der Waals surface area contributed by atoms with Crippen LogP contribution in [0.1, 0.15) is 57.8 Å². The van der Waals surface area contributed by atoms with Crippen LogP contribution in [0.2, 0.25) is 0 Å². The highest BCUT2D eigenvalue weighted by atomic mass is 16.5. The number of carboxylic acid groups (broad SMARTS) is 1. The molecule has 2 fully saturated rings. The maximum Gasteiger partial charge on any atom is 0.310 e. The summed E-state index contributed by atoms with van der Waals surface area (Å²) < 4.78 is 5.29. The molecule has 20 heavy (non-hydrogen) atoms. The monoisotopic (exact) mass is 283 g/mol. The molecular weight excluding hydrogens is 258 g/mol. The number of hydrogen-bond donors (Lipinski definition) is 2. The van der Waals surface area contributed by atoms with Crippen molar-refractivity contribution in [3.8, 4) is 0 Å². The molecule has 2 rings (SSSR count). The Morgan fingerprint density at radius 2 is 1.95 bits per heavy atom. The molecular formula is C15H25NO4. The van der Waals surface area contributed by atoms with Gasteiger partial charge < -0.3 is 15.2 Å². The Morgan fingerprint density at radius 3 is 2.50 bits per heavy atom. The van der Waals surface area contributed by atoms with E-state index in [-0.39, 0.29) is 24.5 Å². The highest BCUT2D eigenvalue weighted by Gasteiger charge is 2.41. The van der Waals surface area contributed by atoms with Crippen LogP contribution in [-0.4, -0.2) is 36.2 Å². The fraction of sp³-hybridized carbons (Fsp3) is 0.867. The zero-order valence-electron chi connectivity index (χ0n) is 12.2. The van der Waals surface area contributed by atoms with Gasteiger partial charge in [0.15, 0.2) is 0 Å². The first-order valence-corrected chi connectivity index (χ1v) is 7.61. The molecule has 0 aromatic carbocycles. The minimum absolute atomic E-state index is 0.115. The van der Waals surface area contributed by atoms with Gasteiger partial charge in [0, 0.05) is 19.6 Å².